The van der Waals surface area contributed by atoms with Crippen molar-refractivity contribution in [1.29, 1.82) is 0 Å². The lowest BCUT2D eigenvalue weighted by Crippen LogP contribution is -2.61. The molecule has 1 amide bonds. The van der Waals surface area contributed by atoms with E-state index in [1.54, 1.807) is 4.90 Å². The van der Waals surface area contributed by atoms with Crippen molar-refractivity contribution in [2.75, 3.05) is 10.6 Å². The lowest BCUT2D eigenvalue weighted by atomic mass is 9.75. The number of para-hydroxylation sites is 1. The van der Waals surface area contributed by atoms with Crippen molar-refractivity contribution >= 4 is 23.3 Å². The van der Waals surface area contributed by atoms with Crippen LogP contribution in [-0.2, 0) is 22.6 Å². The quantitative estimate of drug-likeness (QED) is 0.539. The number of anilines is 2. The van der Waals surface area contributed by atoms with Crippen LogP contribution in [0.25, 0.3) is 0 Å². The van der Waals surface area contributed by atoms with Crippen LogP contribution in [0.15, 0.2) is 48.5 Å². The van der Waals surface area contributed by atoms with Crippen LogP contribution in [0.1, 0.15) is 62.5 Å². The van der Waals surface area contributed by atoms with Crippen LogP contribution < -0.4 is 16.4 Å². The summed E-state index contributed by atoms with van der Waals surface area (Å²) in [6, 6.07) is 15.2. The molecule has 6 nitrogen and oxygen atoms in total. The van der Waals surface area contributed by atoms with Gasteiger partial charge >= 0.3 is 5.97 Å². The molecule has 2 aliphatic rings. The molecule has 4 rings (SSSR count). The Morgan fingerprint density at radius 1 is 1.09 bits per heavy atom. The first kappa shape index (κ1) is 23.3. The molecule has 1 saturated carbocycles. The Balaban J connectivity index is 1.64. The third-order valence-corrected chi connectivity index (χ3v) is 7.56. The van der Waals surface area contributed by atoms with Crippen molar-refractivity contribution in [2.24, 2.45) is 17.6 Å². The standard InChI is InChI=1S/C27H35N3O3/c28-22-13-10-20(11-14-22)18-30-24-9-5-4-8-21(24)16-17-27(29,26(30)33)23(25(31)32)15-12-19-6-2-1-3-7-19/h4-5,8-11,13-14,19,23H,1-3,6-7,12,15-18,28-29H2,(H,31,32)/t23-,27+/m1/s1. The highest BCUT2D eigenvalue weighted by Gasteiger charge is 2.49. The highest BCUT2D eigenvalue weighted by Crippen LogP contribution is 2.38. The van der Waals surface area contributed by atoms with E-state index in [0.29, 0.717) is 37.4 Å². The first-order valence-corrected chi connectivity index (χ1v) is 12.1. The van der Waals surface area contributed by atoms with Crippen molar-refractivity contribution in [3.05, 3.63) is 59.7 Å². The second-order valence-electron chi connectivity index (χ2n) is 9.77. The topological polar surface area (TPSA) is 110 Å². The van der Waals surface area contributed by atoms with Crippen LogP contribution in [-0.4, -0.2) is 22.5 Å². The van der Waals surface area contributed by atoms with Crippen molar-refractivity contribution in [2.45, 2.75) is 69.9 Å². The SMILES string of the molecule is Nc1ccc(CN2C(=O)[C@@](N)([C@H](CCC3CCCCC3)C(=O)O)CCc3ccccc32)cc1. The Hall–Kier alpha value is -2.86. The molecular formula is C27H35N3O3. The minimum absolute atomic E-state index is 0.305. The van der Waals surface area contributed by atoms with E-state index >= 15 is 0 Å². The number of carbonyl (C=O) groups excluding carboxylic acids is 1. The molecule has 6 heteroatoms. The van der Waals surface area contributed by atoms with Gasteiger partial charge in [-0.1, -0.05) is 62.4 Å². The number of nitrogens with two attached hydrogens (primary N) is 2. The van der Waals surface area contributed by atoms with Crippen molar-refractivity contribution in [3.63, 3.8) is 0 Å². The number of carboxylic acid groups (broad SMARTS) is 1. The molecule has 2 aromatic rings. The fourth-order valence-electron chi connectivity index (χ4n) is 5.56. The third kappa shape index (κ3) is 5.06. The maximum atomic E-state index is 14.0. The van der Waals surface area contributed by atoms with Crippen molar-refractivity contribution in [3.8, 4) is 0 Å². The Morgan fingerprint density at radius 2 is 1.79 bits per heavy atom. The summed E-state index contributed by atoms with van der Waals surface area (Å²) < 4.78 is 0. The number of aliphatic carboxylic acids is 1. The average molecular weight is 450 g/mol. The van der Waals surface area contributed by atoms with E-state index < -0.39 is 17.4 Å². The number of fused-ring (bicyclic) bond motifs is 1. The Labute approximate surface area is 196 Å². The molecule has 0 saturated heterocycles. The first-order chi connectivity index (χ1) is 15.9. The largest absolute Gasteiger partial charge is 0.481 e. The molecule has 0 aromatic heterocycles. The second kappa shape index (κ2) is 9.96. The molecule has 0 bridgehead atoms. The van der Waals surface area contributed by atoms with Gasteiger partial charge in [0.2, 0.25) is 5.91 Å². The maximum absolute atomic E-state index is 14.0. The van der Waals surface area contributed by atoms with Gasteiger partial charge < -0.3 is 21.5 Å². The number of hydrogen-bond acceptors (Lipinski definition) is 4. The number of nitrogen functional groups attached to an aromatic ring is 1. The highest BCUT2D eigenvalue weighted by atomic mass is 16.4. The summed E-state index contributed by atoms with van der Waals surface area (Å²) in [5, 5.41) is 10.2. The van der Waals surface area contributed by atoms with E-state index in [1.807, 2.05) is 48.5 Å². The summed E-state index contributed by atoms with van der Waals surface area (Å²) in [7, 11) is 0. The number of carboxylic acids is 1. The number of benzene rings is 2. The number of rotatable bonds is 7. The van der Waals surface area contributed by atoms with E-state index in [2.05, 4.69) is 0 Å². The molecule has 33 heavy (non-hydrogen) atoms. The number of carbonyl (C=O) groups is 2. The van der Waals surface area contributed by atoms with Crippen molar-refractivity contribution in [1.82, 2.24) is 0 Å². The molecule has 2 aromatic carbocycles. The average Bonchev–Trinajstić information content (AvgIpc) is 2.92. The van der Waals surface area contributed by atoms with Crippen LogP contribution in [0, 0.1) is 11.8 Å². The first-order valence-electron chi connectivity index (χ1n) is 12.1. The van der Waals surface area contributed by atoms with Gasteiger partial charge in [0.25, 0.3) is 0 Å². The van der Waals surface area contributed by atoms with E-state index in [0.717, 1.165) is 36.1 Å². The summed E-state index contributed by atoms with van der Waals surface area (Å²) in [6.45, 7) is 0.323. The smallest absolute Gasteiger partial charge is 0.308 e. The molecule has 0 spiro atoms. The van der Waals surface area contributed by atoms with Crippen LogP contribution in [0.4, 0.5) is 11.4 Å². The van der Waals surface area contributed by atoms with Crippen LogP contribution in [0.5, 0.6) is 0 Å². The number of aryl methyl sites for hydroxylation is 1. The molecular weight excluding hydrogens is 414 g/mol. The van der Waals surface area contributed by atoms with Gasteiger partial charge in [-0.25, -0.2) is 0 Å². The Kier molecular flexibility index (Phi) is 7.03. The minimum atomic E-state index is -1.45. The van der Waals surface area contributed by atoms with Crippen LogP contribution in [0.3, 0.4) is 0 Å². The molecule has 0 unspecified atom stereocenters. The van der Waals surface area contributed by atoms with E-state index in [9.17, 15) is 14.7 Å². The number of hydrogen-bond donors (Lipinski definition) is 3. The predicted molar refractivity (Wildman–Crippen MR) is 131 cm³/mol. The molecule has 1 aliphatic carbocycles. The lowest BCUT2D eigenvalue weighted by molar-refractivity contribution is -0.148. The van der Waals surface area contributed by atoms with Gasteiger partial charge in [0.1, 0.15) is 5.54 Å². The van der Waals surface area contributed by atoms with E-state index in [-0.39, 0.29) is 5.91 Å². The van der Waals surface area contributed by atoms with Gasteiger partial charge in [0, 0.05) is 11.4 Å². The van der Waals surface area contributed by atoms with E-state index in [1.165, 1.54) is 19.3 Å². The summed E-state index contributed by atoms with van der Waals surface area (Å²) >= 11 is 0. The third-order valence-electron chi connectivity index (χ3n) is 7.56. The molecule has 1 heterocycles. The fourth-order valence-corrected chi connectivity index (χ4v) is 5.56. The zero-order valence-corrected chi connectivity index (χ0v) is 19.2. The van der Waals surface area contributed by atoms with Gasteiger partial charge in [0.15, 0.2) is 0 Å². The predicted octanol–water partition coefficient (Wildman–Crippen LogP) is 4.51. The maximum Gasteiger partial charge on any atom is 0.308 e. The van der Waals surface area contributed by atoms with Gasteiger partial charge in [-0.2, -0.15) is 0 Å². The number of amides is 1. The summed E-state index contributed by atoms with van der Waals surface area (Å²) in [5.41, 5.74) is 14.6. The zero-order chi connectivity index (χ0) is 23.4. The van der Waals surface area contributed by atoms with Gasteiger partial charge in [0.05, 0.1) is 12.5 Å². The monoisotopic (exact) mass is 449 g/mol. The van der Waals surface area contributed by atoms with Crippen molar-refractivity contribution < 1.29 is 14.7 Å². The van der Waals surface area contributed by atoms with Gasteiger partial charge in [-0.15, -0.1) is 0 Å². The zero-order valence-electron chi connectivity index (χ0n) is 19.2. The van der Waals surface area contributed by atoms with E-state index in [4.69, 9.17) is 11.5 Å². The summed E-state index contributed by atoms with van der Waals surface area (Å²) in [6.07, 6.45) is 8.12. The van der Waals surface area contributed by atoms with Gasteiger partial charge in [-0.3, -0.25) is 9.59 Å². The molecule has 1 fully saturated rings. The Bertz CT molecular complexity index is 984. The summed E-state index contributed by atoms with van der Waals surface area (Å²) in [5.74, 6) is -1.65. The molecule has 0 radical (unpaired) electrons. The molecule has 176 valence electrons. The molecule has 2 atom stereocenters. The molecule has 1 aliphatic heterocycles. The minimum Gasteiger partial charge on any atom is -0.481 e. The second-order valence-corrected chi connectivity index (χ2v) is 9.77. The normalized spacial score (nSPS) is 22.5. The van der Waals surface area contributed by atoms with Gasteiger partial charge in [-0.05, 0) is 60.9 Å². The van der Waals surface area contributed by atoms with Crippen LogP contribution >= 0.6 is 0 Å². The number of nitrogens with zero attached hydrogens (tertiary/aromatic N) is 1. The highest BCUT2D eigenvalue weighted by molar-refractivity contribution is 6.03. The van der Waals surface area contributed by atoms with Crippen LogP contribution in [0.2, 0.25) is 0 Å². The molecule has 5 N–H and O–H groups in total. The fraction of sp³-hybridized carbons (Fsp3) is 0.481. The lowest BCUT2D eigenvalue weighted by Gasteiger charge is -2.37. The Morgan fingerprint density at radius 3 is 2.48 bits per heavy atom. The summed E-state index contributed by atoms with van der Waals surface area (Å²) in [4.78, 5) is 28.1.